The van der Waals surface area contributed by atoms with Crippen LogP contribution in [0, 0.1) is 0 Å². The van der Waals surface area contributed by atoms with E-state index in [1.54, 1.807) is 6.92 Å². The van der Waals surface area contributed by atoms with E-state index >= 15 is 0 Å². The second-order valence-corrected chi connectivity index (χ2v) is 7.40. The van der Waals surface area contributed by atoms with E-state index < -0.39 is 10.0 Å². The molecule has 0 fully saturated rings. The van der Waals surface area contributed by atoms with Crippen LogP contribution in [-0.4, -0.2) is 35.9 Å². The first-order chi connectivity index (χ1) is 8.42. The van der Waals surface area contributed by atoms with Gasteiger partial charge < -0.3 is 5.32 Å². The van der Waals surface area contributed by atoms with Crippen molar-refractivity contribution < 1.29 is 13.2 Å². The summed E-state index contributed by atoms with van der Waals surface area (Å²) in [7, 11) is -3.15. The van der Waals surface area contributed by atoms with Gasteiger partial charge in [0.2, 0.25) is 15.9 Å². The van der Waals surface area contributed by atoms with Gasteiger partial charge in [-0.05, 0) is 6.92 Å². The average molecular weight is 289 g/mol. The molecule has 1 N–H and O–H groups in total. The first-order valence-electron chi connectivity index (χ1n) is 5.66. The maximum absolute atomic E-state index is 11.8. The molecule has 8 heteroatoms. The number of thiazole rings is 1. The highest BCUT2D eigenvalue weighted by Gasteiger charge is 2.27. The third kappa shape index (κ3) is 2.70. The van der Waals surface area contributed by atoms with E-state index in [0.29, 0.717) is 24.6 Å². The van der Waals surface area contributed by atoms with E-state index in [2.05, 4.69) is 10.3 Å². The summed E-state index contributed by atoms with van der Waals surface area (Å²) in [4.78, 5) is 16.2. The molecule has 0 spiro atoms. The summed E-state index contributed by atoms with van der Waals surface area (Å²) in [5.41, 5.74) is 0.895. The van der Waals surface area contributed by atoms with Gasteiger partial charge in [0, 0.05) is 31.3 Å². The molecule has 1 aromatic rings. The Balaban J connectivity index is 2.19. The molecule has 2 rings (SSSR count). The number of hydrogen-bond donors (Lipinski definition) is 1. The Morgan fingerprint density at radius 2 is 2.28 bits per heavy atom. The number of carbonyl (C=O) groups is 1. The number of hydrogen-bond acceptors (Lipinski definition) is 5. The molecule has 100 valence electrons. The highest BCUT2D eigenvalue weighted by molar-refractivity contribution is 7.89. The lowest BCUT2D eigenvalue weighted by atomic mass is 10.2. The summed E-state index contributed by atoms with van der Waals surface area (Å²) >= 11 is 1.34. The minimum atomic E-state index is -3.15. The van der Waals surface area contributed by atoms with Gasteiger partial charge in [-0.25, -0.2) is 13.4 Å². The van der Waals surface area contributed by atoms with Gasteiger partial charge in [0.05, 0.1) is 11.4 Å². The summed E-state index contributed by atoms with van der Waals surface area (Å²) in [6.07, 6.45) is 0.602. The van der Waals surface area contributed by atoms with Gasteiger partial charge >= 0.3 is 0 Å². The predicted octanol–water partition coefficient (Wildman–Crippen LogP) is 0.809. The summed E-state index contributed by atoms with van der Waals surface area (Å²) < 4.78 is 25.1. The summed E-state index contributed by atoms with van der Waals surface area (Å²) in [6.45, 7) is 3.89. The Kier molecular flexibility index (Phi) is 3.69. The topological polar surface area (TPSA) is 79.4 Å². The van der Waals surface area contributed by atoms with Gasteiger partial charge in [-0.2, -0.15) is 4.31 Å². The van der Waals surface area contributed by atoms with Gasteiger partial charge in [-0.1, -0.05) is 0 Å². The quantitative estimate of drug-likeness (QED) is 0.893. The molecule has 0 aromatic carbocycles. The molecule has 0 atom stereocenters. The highest BCUT2D eigenvalue weighted by Crippen LogP contribution is 2.29. The van der Waals surface area contributed by atoms with E-state index in [4.69, 9.17) is 0 Å². The molecule has 6 nitrogen and oxygen atoms in total. The van der Waals surface area contributed by atoms with Gasteiger partial charge in [-0.3, -0.25) is 4.79 Å². The number of sulfonamides is 1. The van der Waals surface area contributed by atoms with Crippen molar-refractivity contribution in [2.75, 3.05) is 17.6 Å². The normalized spacial score (nSPS) is 16.3. The Labute approximate surface area is 110 Å². The van der Waals surface area contributed by atoms with Crippen LogP contribution in [0.4, 0.5) is 5.13 Å². The number of anilines is 1. The predicted molar refractivity (Wildman–Crippen MR) is 70.0 cm³/mol. The van der Waals surface area contributed by atoms with Crippen molar-refractivity contribution in [2.24, 2.45) is 0 Å². The number of amides is 1. The lowest BCUT2D eigenvalue weighted by molar-refractivity contribution is -0.114. The molecule has 0 radical (unpaired) electrons. The molecule has 0 bridgehead atoms. The molecule has 0 aliphatic carbocycles. The molecule has 0 saturated carbocycles. The monoisotopic (exact) mass is 289 g/mol. The number of nitrogens with zero attached hydrogens (tertiary/aromatic N) is 2. The molecule has 2 heterocycles. The number of rotatable bonds is 3. The number of carbonyl (C=O) groups excluding carboxylic acids is 1. The molecular formula is C10H15N3O3S2. The Hall–Kier alpha value is -0.990. The van der Waals surface area contributed by atoms with Crippen LogP contribution in [0.15, 0.2) is 0 Å². The van der Waals surface area contributed by atoms with E-state index in [9.17, 15) is 13.2 Å². The lowest BCUT2D eigenvalue weighted by Gasteiger charge is -2.24. The van der Waals surface area contributed by atoms with Crippen LogP contribution in [-0.2, 0) is 27.8 Å². The molecule has 1 aromatic heterocycles. The third-order valence-corrected chi connectivity index (χ3v) is 5.56. The van der Waals surface area contributed by atoms with Crippen molar-refractivity contribution in [3.63, 3.8) is 0 Å². The Morgan fingerprint density at radius 1 is 1.56 bits per heavy atom. The minimum absolute atomic E-state index is 0.111. The van der Waals surface area contributed by atoms with Crippen molar-refractivity contribution >= 4 is 32.4 Å². The molecular weight excluding hydrogens is 274 g/mol. The minimum Gasteiger partial charge on any atom is -0.302 e. The molecule has 1 aliphatic rings. The average Bonchev–Trinajstić information content (AvgIpc) is 2.68. The number of nitrogens with one attached hydrogen (secondary N) is 1. The van der Waals surface area contributed by atoms with Gasteiger partial charge in [0.15, 0.2) is 5.13 Å². The van der Waals surface area contributed by atoms with Crippen LogP contribution >= 0.6 is 11.3 Å². The first-order valence-corrected chi connectivity index (χ1v) is 8.09. The van der Waals surface area contributed by atoms with Gasteiger partial charge in [-0.15, -0.1) is 11.3 Å². The molecule has 1 amide bonds. The van der Waals surface area contributed by atoms with Crippen LogP contribution < -0.4 is 5.32 Å². The van der Waals surface area contributed by atoms with E-state index in [-0.39, 0.29) is 11.7 Å². The Bertz CT molecular complexity index is 565. The SMILES string of the molecule is CCS(=O)(=O)N1CCc2nc(NC(C)=O)sc2C1. The fraction of sp³-hybridized carbons (Fsp3) is 0.600. The largest absolute Gasteiger partial charge is 0.302 e. The van der Waals surface area contributed by atoms with Crippen molar-refractivity contribution in [3.05, 3.63) is 10.6 Å². The second kappa shape index (κ2) is 4.94. The Morgan fingerprint density at radius 3 is 2.89 bits per heavy atom. The molecule has 0 saturated heterocycles. The highest BCUT2D eigenvalue weighted by atomic mass is 32.2. The van der Waals surface area contributed by atoms with E-state index in [1.807, 2.05) is 0 Å². The number of aromatic nitrogens is 1. The zero-order chi connectivity index (χ0) is 13.3. The van der Waals surface area contributed by atoms with Crippen LogP contribution in [0.5, 0.6) is 0 Å². The van der Waals surface area contributed by atoms with Gasteiger partial charge in [0.25, 0.3) is 0 Å². The second-order valence-electron chi connectivity index (χ2n) is 4.05. The standard InChI is InChI=1S/C10H15N3O3S2/c1-3-18(15,16)13-5-4-8-9(6-13)17-10(12-8)11-7(2)14/h3-6H2,1-2H3,(H,11,12,14). The third-order valence-electron chi connectivity index (χ3n) is 2.74. The van der Waals surface area contributed by atoms with Crippen molar-refractivity contribution in [1.82, 2.24) is 9.29 Å². The van der Waals surface area contributed by atoms with Crippen molar-refractivity contribution in [3.8, 4) is 0 Å². The van der Waals surface area contributed by atoms with Crippen molar-refractivity contribution in [2.45, 2.75) is 26.8 Å². The molecule has 18 heavy (non-hydrogen) atoms. The molecule has 0 unspecified atom stereocenters. The smallest absolute Gasteiger partial charge is 0.223 e. The van der Waals surface area contributed by atoms with Crippen LogP contribution in [0.2, 0.25) is 0 Å². The van der Waals surface area contributed by atoms with Crippen LogP contribution in [0.25, 0.3) is 0 Å². The fourth-order valence-corrected chi connectivity index (χ4v) is 4.01. The summed E-state index contributed by atoms with van der Waals surface area (Å²) in [5, 5.41) is 3.17. The van der Waals surface area contributed by atoms with Crippen LogP contribution in [0.3, 0.4) is 0 Å². The van der Waals surface area contributed by atoms with Crippen LogP contribution in [0.1, 0.15) is 24.4 Å². The summed E-state index contributed by atoms with van der Waals surface area (Å²) in [6, 6.07) is 0. The lowest BCUT2D eigenvalue weighted by Crippen LogP contribution is -2.36. The maximum Gasteiger partial charge on any atom is 0.223 e. The fourth-order valence-electron chi connectivity index (χ4n) is 1.80. The maximum atomic E-state index is 11.8. The van der Waals surface area contributed by atoms with Crippen molar-refractivity contribution in [1.29, 1.82) is 0 Å². The molecule has 1 aliphatic heterocycles. The van der Waals surface area contributed by atoms with E-state index in [0.717, 1.165) is 10.6 Å². The summed E-state index contributed by atoms with van der Waals surface area (Å²) in [5.74, 6) is -0.0567. The zero-order valence-electron chi connectivity index (χ0n) is 10.3. The van der Waals surface area contributed by atoms with E-state index in [1.165, 1.54) is 22.6 Å². The first kappa shape index (κ1) is 13.4. The number of fused-ring (bicyclic) bond motifs is 1. The van der Waals surface area contributed by atoms with Gasteiger partial charge in [0.1, 0.15) is 0 Å². The zero-order valence-corrected chi connectivity index (χ0v) is 11.9.